The Balaban J connectivity index is 1.45. The van der Waals surface area contributed by atoms with Crippen LogP contribution in [0, 0.1) is 16.7 Å². The SMILES string of the molecule is CCC(C1CCC2(C)C3(C(CCCN)NC)Cc4ccc(O)cc4C123)N(C)C(=O)c1cccc2ccccc12. The normalized spacial score (nSPS) is 29.9. The number of benzene rings is 3. The topological polar surface area (TPSA) is 78.6 Å². The molecular weight excluding hydrogens is 482 g/mol. The first kappa shape index (κ1) is 26.3. The van der Waals surface area contributed by atoms with Crippen molar-refractivity contribution in [3.63, 3.8) is 0 Å². The Bertz CT molecular complexity index is 1420. The Morgan fingerprint density at radius 1 is 1.18 bits per heavy atom. The lowest BCUT2D eigenvalue weighted by Crippen LogP contribution is -2.48. The van der Waals surface area contributed by atoms with Crippen molar-refractivity contribution >= 4 is 16.7 Å². The van der Waals surface area contributed by atoms with Crippen LogP contribution < -0.4 is 11.1 Å². The van der Waals surface area contributed by atoms with Gasteiger partial charge in [-0.2, -0.15) is 0 Å². The molecule has 6 rings (SSSR count). The van der Waals surface area contributed by atoms with E-state index in [1.54, 1.807) is 0 Å². The van der Waals surface area contributed by atoms with E-state index in [0.29, 0.717) is 24.3 Å². The zero-order valence-corrected chi connectivity index (χ0v) is 23.8. The van der Waals surface area contributed by atoms with Gasteiger partial charge in [0.25, 0.3) is 5.91 Å². The molecular formula is C34H43N3O2. The number of hydrogen-bond acceptors (Lipinski definition) is 4. The molecule has 0 saturated heterocycles. The fourth-order valence-corrected chi connectivity index (χ4v) is 10.0. The minimum Gasteiger partial charge on any atom is -0.508 e. The quantitative estimate of drug-likeness (QED) is 0.338. The lowest BCUT2D eigenvalue weighted by molar-refractivity contribution is 0.0610. The van der Waals surface area contributed by atoms with E-state index in [2.05, 4.69) is 56.5 Å². The van der Waals surface area contributed by atoms with Crippen LogP contribution in [-0.4, -0.2) is 48.6 Å². The standard InChI is InChI=1S/C34H43N3O2/c1-5-29(37(4)31(39)26-13-8-11-22-10-6-7-12-25(22)26)27-17-18-32(2)33(30(36-3)14-9-19-35)21-23-15-16-24(38)20-28(23)34(27,32)33/h6-8,10-13,15-16,20,27,29-30,36,38H,5,9,14,17-19,21,35H2,1-4H3. The van der Waals surface area contributed by atoms with Gasteiger partial charge in [-0.3, -0.25) is 4.79 Å². The number of nitrogens with one attached hydrogen (secondary N) is 1. The van der Waals surface area contributed by atoms with Gasteiger partial charge in [-0.05, 0) is 104 Å². The van der Waals surface area contributed by atoms with Gasteiger partial charge in [0, 0.05) is 35.5 Å². The van der Waals surface area contributed by atoms with Crippen LogP contribution in [0.25, 0.3) is 10.8 Å². The van der Waals surface area contributed by atoms with Crippen LogP contribution in [0.4, 0.5) is 0 Å². The molecule has 206 valence electrons. The molecule has 2 saturated carbocycles. The van der Waals surface area contributed by atoms with E-state index in [9.17, 15) is 9.90 Å². The minimum absolute atomic E-state index is 0.0553. The van der Waals surface area contributed by atoms with Gasteiger partial charge in [-0.15, -0.1) is 0 Å². The molecule has 39 heavy (non-hydrogen) atoms. The van der Waals surface area contributed by atoms with E-state index in [1.807, 2.05) is 42.3 Å². The molecule has 2 fully saturated rings. The summed E-state index contributed by atoms with van der Waals surface area (Å²) in [6.45, 7) is 5.41. The lowest BCUT2D eigenvalue weighted by atomic mass is 9.71. The first-order valence-electron chi connectivity index (χ1n) is 14.8. The summed E-state index contributed by atoms with van der Waals surface area (Å²) in [5, 5.41) is 16.5. The third-order valence-corrected chi connectivity index (χ3v) is 11.4. The highest BCUT2D eigenvalue weighted by atomic mass is 16.3. The summed E-state index contributed by atoms with van der Waals surface area (Å²) < 4.78 is 0. The number of carbonyl (C=O) groups is 1. The van der Waals surface area contributed by atoms with Crippen molar-refractivity contribution in [1.29, 1.82) is 0 Å². The van der Waals surface area contributed by atoms with E-state index < -0.39 is 0 Å². The summed E-state index contributed by atoms with van der Waals surface area (Å²) in [4.78, 5) is 16.2. The molecule has 3 aliphatic carbocycles. The number of fused-ring (bicyclic) bond motifs is 3. The third kappa shape index (κ3) is 3.23. The molecule has 3 aromatic carbocycles. The summed E-state index contributed by atoms with van der Waals surface area (Å²) in [6.07, 6.45) is 6.17. The highest BCUT2D eigenvalue weighted by Crippen LogP contribution is 2.92. The highest BCUT2D eigenvalue weighted by Gasteiger charge is 2.92. The second-order valence-electron chi connectivity index (χ2n) is 12.5. The van der Waals surface area contributed by atoms with E-state index in [0.717, 1.165) is 54.9 Å². The van der Waals surface area contributed by atoms with E-state index in [4.69, 9.17) is 5.73 Å². The summed E-state index contributed by atoms with van der Waals surface area (Å²) in [5.41, 5.74) is 9.55. The van der Waals surface area contributed by atoms with Crippen molar-refractivity contribution in [2.24, 2.45) is 22.5 Å². The molecule has 0 aromatic heterocycles. The minimum atomic E-state index is -0.0790. The van der Waals surface area contributed by atoms with Gasteiger partial charge in [0.15, 0.2) is 0 Å². The third-order valence-electron chi connectivity index (χ3n) is 11.4. The molecule has 6 atom stereocenters. The van der Waals surface area contributed by atoms with E-state index in [1.165, 1.54) is 11.1 Å². The van der Waals surface area contributed by atoms with Crippen molar-refractivity contribution in [2.45, 2.75) is 69.9 Å². The molecule has 0 aliphatic heterocycles. The number of phenols is 1. The molecule has 1 spiro atoms. The van der Waals surface area contributed by atoms with E-state index >= 15 is 0 Å². The Labute approximate surface area is 232 Å². The predicted octanol–water partition coefficient (Wildman–Crippen LogP) is 5.63. The van der Waals surface area contributed by atoms with Crippen molar-refractivity contribution in [3.8, 4) is 5.75 Å². The molecule has 1 amide bonds. The first-order valence-corrected chi connectivity index (χ1v) is 14.8. The number of phenolic OH excluding ortho intramolecular Hbond substituents is 1. The van der Waals surface area contributed by atoms with Crippen molar-refractivity contribution in [1.82, 2.24) is 10.2 Å². The predicted molar refractivity (Wildman–Crippen MR) is 158 cm³/mol. The molecule has 0 heterocycles. The number of aromatic hydroxyl groups is 1. The van der Waals surface area contributed by atoms with Gasteiger partial charge >= 0.3 is 0 Å². The van der Waals surface area contributed by atoms with Crippen LogP contribution in [0.1, 0.15) is 67.4 Å². The molecule has 0 radical (unpaired) electrons. The highest BCUT2D eigenvalue weighted by molar-refractivity contribution is 6.07. The van der Waals surface area contributed by atoms with Crippen LogP contribution >= 0.6 is 0 Å². The molecule has 6 unspecified atom stereocenters. The van der Waals surface area contributed by atoms with Gasteiger partial charge in [0.05, 0.1) is 0 Å². The average molecular weight is 526 g/mol. The molecule has 4 N–H and O–H groups in total. The van der Waals surface area contributed by atoms with Crippen molar-refractivity contribution < 1.29 is 9.90 Å². The van der Waals surface area contributed by atoms with Crippen LogP contribution in [0.3, 0.4) is 0 Å². The monoisotopic (exact) mass is 525 g/mol. The fourth-order valence-electron chi connectivity index (χ4n) is 10.0. The van der Waals surface area contributed by atoms with Gasteiger partial charge in [-0.25, -0.2) is 0 Å². The second-order valence-corrected chi connectivity index (χ2v) is 12.5. The number of carbonyl (C=O) groups excluding carboxylic acids is 1. The molecule has 3 aliphatic rings. The van der Waals surface area contributed by atoms with E-state index in [-0.39, 0.29) is 28.2 Å². The summed E-state index contributed by atoms with van der Waals surface area (Å²) in [7, 11) is 4.11. The Morgan fingerprint density at radius 3 is 2.69 bits per heavy atom. The van der Waals surface area contributed by atoms with Gasteiger partial charge in [-0.1, -0.05) is 56.3 Å². The van der Waals surface area contributed by atoms with Crippen LogP contribution in [-0.2, 0) is 11.8 Å². The van der Waals surface area contributed by atoms with Gasteiger partial charge < -0.3 is 21.1 Å². The van der Waals surface area contributed by atoms with Crippen LogP contribution in [0.15, 0.2) is 60.7 Å². The first-order chi connectivity index (χ1) is 18.8. The van der Waals surface area contributed by atoms with Crippen LogP contribution in [0.5, 0.6) is 5.75 Å². The molecule has 0 bridgehead atoms. The number of nitrogens with two attached hydrogens (primary N) is 1. The number of amides is 1. The smallest absolute Gasteiger partial charge is 0.254 e. The van der Waals surface area contributed by atoms with Gasteiger partial charge in [0.1, 0.15) is 5.75 Å². The largest absolute Gasteiger partial charge is 0.508 e. The summed E-state index contributed by atoms with van der Waals surface area (Å²) >= 11 is 0. The van der Waals surface area contributed by atoms with Crippen molar-refractivity contribution in [2.75, 3.05) is 20.6 Å². The summed E-state index contributed by atoms with van der Waals surface area (Å²) in [6, 6.07) is 20.7. The van der Waals surface area contributed by atoms with Gasteiger partial charge in [0.2, 0.25) is 0 Å². The second kappa shape index (κ2) is 9.35. The van der Waals surface area contributed by atoms with Crippen molar-refractivity contribution in [3.05, 3.63) is 77.4 Å². The molecule has 3 aromatic rings. The lowest BCUT2D eigenvalue weighted by Gasteiger charge is -2.41. The van der Waals surface area contributed by atoms with Crippen LogP contribution in [0.2, 0.25) is 0 Å². The molecule has 5 heteroatoms. The number of rotatable bonds is 9. The number of hydrogen-bond donors (Lipinski definition) is 3. The maximum atomic E-state index is 14.2. The Morgan fingerprint density at radius 2 is 1.95 bits per heavy atom. The Hall–Kier alpha value is -2.89. The maximum Gasteiger partial charge on any atom is 0.254 e. The maximum absolute atomic E-state index is 14.2. The Kier molecular flexibility index (Phi) is 6.31. The zero-order chi connectivity index (χ0) is 27.6. The summed E-state index contributed by atoms with van der Waals surface area (Å²) in [5.74, 6) is 0.751. The fraction of sp³-hybridized carbons (Fsp3) is 0.500. The average Bonchev–Trinajstić information content (AvgIpc) is 3.17. The molecule has 5 nitrogen and oxygen atoms in total. The number of nitrogens with zero attached hydrogens (tertiary/aromatic N) is 1. The zero-order valence-electron chi connectivity index (χ0n) is 23.8.